The van der Waals surface area contributed by atoms with Crippen LogP contribution in [0.5, 0.6) is 0 Å². The molecule has 0 unspecified atom stereocenters. The van der Waals surface area contributed by atoms with Gasteiger partial charge in [0.05, 0.1) is 13.2 Å². The van der Waals surface area contributed by atoms with Crippen molar-refractivity contribution in [2.45, 2.75) is 68.7 Å². The summed E-state index contributed by atoms with van der Waals surface area (Å²) in [4.78, 5) is 25.9. The van der Waals surface area contributed by atoms with Crippen LogP contribution in [0.25, 0.3) is 0 Å². The van der Waals surface area contributed by atoms with Crippen molar-refractivity contribution in [1.29, 1.82) is 0 Å². The molecule has 6 nitrogen and oxygen atoms in total. The van der Waals surface area contributed by atoms with Gasteiger partial charge in [0.1, 0.15) is 12.1 Å². The van der Waals surface area contributed by atoms with Gasteiger partial charge in [0.25, 0.3) is 14.2 Å². The van der Waals surface area contributed by atoms with Crippen molar-refractivity contribution in [3.8, 4) is 0 Å². The Morgan fingerprint density at radius 1 is 0.857 bits per heavy atom. The molecule has 0 aliphatic heterocycles. The van der Waals surface area contributed by atoms with Gasteiger partial charge in [-0.3, -0.25) is 4.79 Å². The van der Waals surface area contributed by atoms with Crippen LogP contribution in [0.1, 0.15) is 40.2 Å². The van der Waals surface area contributed by atoms with Crippen LogP contribution in [-0.2, 0) is 25.2 Å². The predicted molar refractivity (Wildman–Crippen MR) is 172 cm³/mol. The van der Waals surface area contributed by atoms with E-state index in [1.807, 2.05) is 91.0 Å². The molecule has 2 N–H and O–H groups in total. The van der Waals surface area contributed by atoms with Crippen molar-refractivity contribution in [2.75, 3.05) is 7.11 Å². The summed E-state index contributed by atoms with van der Waals surface area (Å²) in [5, 5.41) is 16.1. The summed E-state index contributed by atoms with van der Waals surface area (Å²) in [6, 6.07) is 28.5. The topological polar surface area (TPSA) is 84.9 Å². The zero-order valence-corrected chi connectivity index (χ0v) is 27.5. The first kappa shape index (κ1) is 33.8. The summed E-state index contributed by atoms with van der Waals surface area (Å²) in [6.07, 6.45) is -2.45. The van der Waals surface area contributed by atoms with Gasteiger partial charge in [0, 0.05) is 6.42 Å². The molecule has 0 spiro atoms. The fourth-order valence-corrected chi connectivity index (χ4v) is 10.3. The summed E-state index contributed by atoms with van der Waals surface area (Å²) in [7, 11) is -1.96. The van der Waals surface area contributed by atoms with Crippen molar-refractivity contribution < 1.29 is 23.9 Å². The van der Waals surface area contributed by atoms with Crippen molar-refractivity contribution >= 4 is 53.8 Å². The second kappa shape index (κ2) is 14.2. The molecular formula is C33H41Cl2NO5Si. The van der Waals surface area contributed by atoms with E-state index in [-0.39, 0.29) is 12.3 Å². The zero-order chi connectivity index (χ0) is 31.1. The van der Waals surface area contributed by atoms with E-state index in [0.29, 0.717) is 0 Å². The number of carbonyl (C=O) groups excluding carboxylic acids is 2. The normalized spacial score (nSPS) is 14.6. The van der Waals surface area contributed by atoms with Crippen molar-refractivity contribution in [3.05, 3.63) is 96.6 Å². The summed E-state index contributed by atoms with van der Waals surface area (Å²) < 4.78 is 9.75. The van der Waals surface area contributed by atoms with E-state index < -0.39 is 47.8 Å². The van der Waals surface area contributed by atoms with E-state index in [9.17, 15) is 14.7 Å². The predicted octanol–water partition coefficient (Wildman–Crippen LogP) is 5.02. The van der Waals surface area contributed by atoms with Crippen LogP contribution in [0.15, 0.2) is 91.0 Å². The number of alkyl halides is 2. The molecule has 3 aromatic carbocycles. The van der Waals surface area contributed by atoms with Gasteiger partial charge in [0.2, 0.25) is 4.33 Å². The molecule has 0 saturated heterocycles. The molecular weight excluding hydrogens is 589 g/mol. The van der Waals surface area contributed by atoms with Crippen LogP contribution in [0.3, 0.4) is 0 Å². The first-order chi connectivity index (χ1) is 19.8. The maximum atomic E-state index is 13.5. The Labute approximate surface area is 260 Å². The molecule has 0 heterocycles. The average Bonchev–Trinajstić information content (AvgIpc) is 2.97. The Kier molecular flexibility index (Phi) is 11.4. The first-order valence-corrected chi connectivity index (χ1v) is 16.7. The zero-order valence-electron chi connectivity index (χ0n) is 25.0. The quantitative estimate of drug-likeness (QED) is 0.167. The van der Waals surface area contributed by atoms with Gasteiger partial charge in [-0.15, -0.1) is 0 Å². The van der Waals surface area contributed by atoms with Gasteiger partial charge < -0.3 is 19.6 Å². The molecule has 3 rings (SSSR count). The maximum Gasteiger partial charge on any atom is 0.328 e. The lowest BCUT2D eigenvalue weighted by atomic mass is 10.00. The lowest BCUT2D eigenvalue weighted by molar-refractivity contribution is -0.147. The fourth-order valence-electron chi connectivity index (χ4n) is 5.21. The third kappa shape index (κ3) is 7.44. The summed E-state index contributed by atoms with van der Waals surface area (Å²) >= 11 is 13.4. The van der Waals surface area contributed by atoms with Gasteiger partial charge >= 0.3 is 5.97 Å². The lowest BCUT2D eigenvalue weighted by Crippen LogP contribution is -2.69. The van der Waals surface area contributed by atoms with Crippen LogP contribution >= 0.6 is 23.2 Å². The number of methoxy groups -OCH3 is 1. The standard InChI is InChI=1S/C33H41Cl2NO5Si/c1-23(2)28(30(38)40-6)36-31(39)33(34,35)29(37)27(22-24-16-10-7-11-17-24)41-42(32(3,4)5,25-18-12-8-13-19-25)26-20-14-9-15-21-26/h7-21,23,27-29,37H,22H2,1-6H3,(H,36,39)/t27-,28-,29-/m0/s1. The minimum atomic E-state index is -3.20. The number of carbonyl (C=O) groups is 2. The molecule has 226 valence electrons. The smallest absolute Gasteiger partial charge is 0.328 e. The molecule has 3 aromatic rings. The van der Waals surface area contributed by atoms with Crippen LogP contribution in [0, 0.1) is 5.92 Å². The highest BCUT2D eigenvalue weighted by molar-refractivity contribution is 6.99. The fraction of sp³-hybridized carbons (Fsp3) is 0.394. The second-order valence-electron chi connectivity index (χ2n) is 11.8. The highest BCUT2D eigenvalue weighted by Gasteiger charge is 2.55. The number of hydrogen-bond acceptors (Lipinski definition) is 5. The monoisotopic (exact) mass is 629 g/mol. The van der Waals surface area contributed by atoms with E-state index in [1.54, 1.807) is 13.8 Å². The van der Waals surface area contributed by atoms with Gasteiger partial charge in [-0.05, 0) is 26.9 Å². The Morgan fingerprint density at radius 2 is 1.31 bits per heavy atom. The highest BCUT2D eigenvalue weighted by Crippen LogP contribution is 2.40. The van der Waals surface area contributed by atoms with Crippen LogP contribution in [-0.4, -0.2) is 55.0 Å². The molecule has 0 saturated carbocycles. The van der Waals surface area contributed by atoms with Crippen LogP contribution < -0.4 is 15.7 Å². The summed E-state index contributed by atoms with van der Waals surface area (Å²) in [5.74, 6) is -1.86. The Balaban J connectivity index is 2.15. The number of halogens is 2. The van der Waals surface area contributed by atoms with E-state index in [2.05, 4.69) is 26.1 Å². The van der Waals surface area contributed by atoms with Gasteiger partial charge in [-0.25, -0.2) is 4.79 Å². The third-order valence-electron chi connectivity index (χ3n) is 7.46. The van der Waals surface area contributed by atoms with Crippen molar-refractivity contribution in [2.24, 2.45) is 5.92 Å². The molecule has 0 fully saturated rings. The van der Waals surface area contributed by atoms with Gasteiger partial charge in [-0.1, -0.05) is 149 Å². The minimum absolute atomic E-state index is 0.228. The molecule has 1 amide bonds. The number of benzene rings is 3. The Hall–Kier alpha value is -2.68. The number of esters is 1. The highest BCUT2D eigenvalue weighted by atomic mass is 35.5. The largest absolute Gasteiger partial charge is 0.467 e. The number of ether oxygens (including phenoxy) is 1. The number of rotatable bonds is 12. The summed E-state index contributed by atoms with van der Waals surface area (Å²) in [5.41, 5.74) is 0.874. The van der Waals surface area contributed by atoms with E-state index in [1.165, 1.54) is 7.11 Å². The molecule has 0 radical (unpaired) electrons. The SMILES string of the molecule is COC(=O)[C@@H](NC(=O)C(Cl)(Cl)[C@@H](O)[C@H](Cc1ccccc1)O[Si](c1ccccc1)(c1ccccc1)C(C)(C)C)C(C)C. The number of aliphatic hydroxyl groups is 1. The number of aliphatic hydroxyl groups excluding tert-OH is 1. The molecule has 42 heavy (non-hydrogen) atoms. The lowest BCUT2D eigenvalue weighted by Gasteiger charge is -2.47. The molecule has 0 aliphatic rings. The molecule has 3 atom stereocenters. The number of hydrogen-bond donors (Lipinski definition) is 2. The van der Waals surface area contributed by atoms with Gasteiger partial charge in [-0.2, -0.15) is 0 Å². The minimum Gasteiger partial charge on any atom is -0.467 e. The Bertz CT molecular complexity index is 1260. The Morgan fingerprint density at radius 3 is 1.71 bits per heavy atom. The molecule has 9 heteroatoms. The van der Waals surface area contributed by atoms with E-state index >= 15 is 0 Å². The van der Waals surface area contributed by atoms with E-state index in [0.717, 1.165) is 15.9 Å². The first-order valence-electron chi connectivity index (χ1n) is 14.0. The number of amides is 1. The molecule has 0 aliphatic carbocycles. The van der Waals surface area contributed by atoms with Crippen LogP contribution in [0.2, 0.25) is 5.04 Å². The molecule has 0 aromatic heterocycles. The summed E-state index contributed by atoms with van der Waals surface area (Å²) in [6.45, 7) is 9.88. The van der Waals surface area contributed by atoms with Crippen molar-refractivity contribution in [1.82, 2.24) is 5.32 Å². The third-order valence-corrected chi connectivity index (χ3v) is 13.3. The van der Waals surface area contributed by atoms with E-state index in [4.69, 9.17) is 32.4 Å². The maximum absolute atomic E-state index is 13.5. The number of nitrogens with one attached hydrogen (secondary N) is 1. The van der Waals surface area contributed by atoms with Crippen LogP contribution in [0.4, 0.5) is 0 Å². The second-order valence-corrected chi connectivity index (χ2v) is 17.4. The van der Waals surface area contributed by atoms with Gasteiger partial charge in [0.15, 0.2) is 0 Å². The van der Waals surface area contributed by atoms with Crippen molar-refractivity contribution in [3.63, 3.8) is 0 Å². The average molecular weight is 631 g/mol. The molecule has 0 bridgehead atoms.